The predicted octanol–water partition coefficient (Wildman–Crippen LogP) is 3.58. The highest BCUT2D eigenvalue weighted by Crippen LogP contribution is 2.18. The lowest BCUT2D eigenvalue weighted by molar-refractivity contribution is 0.161. The Hall–Kier alpha value is -2.04. The lowest BCUT2D eigenvalue weighted by Crippen LogP contribution is -2.05. The van der Waals surface area contributed by atoms with Gasteiger partial charge in [-0.25, -0.2) is 5.48 Å². The minimum absolute atomic E-state index is 0.427. The van der Waals surface area contributed by atoms with E-state index < -0.39 is 0 Å². The molecular formula is C13H13N3O. The summed E-state index contributed by atoms with van der Waals surface area (Å²) >= 11 is 0. The summed E-state index contributed by atoms with van der Waals surface area (Å²) in [6, 6.07) is 17.1. The van der Waals surface area contributed by atoms with E-state index in [4.69, 9.17) is 5.21 Å². The zero-order chi connectivity index (χ0) is 11.9. The van der Waals surface area contributed by atoms with Crippen LogP contribution in [-0.4, -0.2) is 5.21 Å². The standard InChI is InChI=1S/C13H13N3O/c17-14-10-11-6-8-13(9-7-11)16-15-12-4-2-1-3-5-12/h1-9,14,17H,10H2. The van der Waals surface area contributed by atoms with Crippen molar-refractivity contribution in [2.24, 2.45) is 10.2 Å². The largest absolute Gasteiger partial charge is 0.316 e. The highest BCUT2D eigenvalue weighted by atomic mass is 16.5. The summed E-state index contributed by atoms with van der Waals surface area (Å²) in [5, 5.41) is 16.8. The molecule has 0 unspecified atom stereocenters. The molecule has 86 valence electrons. The third-order valence-corrected chi connectivity index (χ3v) is 2.26. The van der Waals surface area contributed by atoms with E-state index in [0.29, 0.717) is 6.54 Å². The quantitative estimate of drug-likeness (QED) is 0.619. The molecule has 0 aromatic heterocycles. The molecule has 0 aliphatic rings. The second-order valence-corrected chi connectivity index (χ2v) is 3.54. The Kier molecular flexibility index (Phi) is 3.96. The summed E-state index contributed by atoms with van der Waals surface area (Å²) in [7, 11) is 0. The number of azo groups is 1. The summed E-state index contributed by atoms with van der Waals surface area (Å²) in [6.07, 6.45) is 0. The fourth-order valence-electron chi connectivity index (χ4n) is 1.38. The third-order valence-electron chi connectivity index (χ3n) is 2.26. The van der Waals surface area contributed by atoms with Gasteiger partial charge in [0.25, 0.3) is 0 Å². The van der Waals surface area contributed by atoms with Crippen LogP contribution < -0.4 is 5.48 Å². The monoisotopic (exact) mass is 227 g/mol. The van der Waals surface area contributed by atoms with E-state index in [0.717, 1.165) is 16.9 Å². The molecule has 2 aromatic rings. The summed E-state index contributed by atoms with van der Waals surface area (Å²) in [5.74, 6) is 0. The Balaban J connectivity index is 2.06. The molecule has 0 radical (unpaired) electrons. The van der Waals surface area contributed by atoms with E-state index in [2.05, 4.69) is 15.7 Å². The van der Waals surface area contributed by atoms with Gasteiger partial charge in [-0.05, 0) is 29.8 Å². The van der Waals surface area contributed by atoms with Gasteiger partial charge in [0.2, 0.25) is 0 Å². The molecule has 2 aromatic carbocycles. The fraction of sp³-hybridized carbons (Fsp3) is 0.0769. The van der Waals surface area contributed by atoms with E-state index >= 15 is 0 Å². The van der Waals surface area contributed by atoms with E-state index in [1.54, 1.807) is 0 Å². The van der Waals surface area contributed by atoms with E-state index in [9.17, 15) is 0 Å². The van der Waals surface area contributed by atoms with Crippen molar-refractivity contribution in [3.63, 3.8) is 0 Å². The van der Waals surface area contributed by atoms with Crippen LogP contribution >= 0.6 is 0 Å². The van der Waals surface area contributed by atoms with Crippen LogP contribution in [0.2, 0.25) is 0 Å². The molecule has 0 fully saturated rings. The van der Waals surface area contributed by atoms with Crippen LogP contribution in [0.15, 0.2) is 64.8 Å². The fourth-order valence-corrected chi connectivity index (χ4v) is 1.38. The first-order valence-electron chi connectivity index (χ1n) is 5.31. The van der Waals surface area contributed by atoms with Gasteiger partial charge in [0.05, 0.1) is 11.4 Å². The Labute approximate surface area is 99.6 Å². The SMILES string of the molecule is ONCc1ccc(N=Nc2ccccc2)cc1. The van der Waals surface area contributed by atoms with Crippen LogP contribution in [0.5, 0.6) is 0 Å². The van der Waals surface area contributed by atoms with Gasteiger partial charge in [0, 0.05) is 6.54 Å². The Bertz CT molecular complexity index is 480. The number of benzene rings is 2. The molecule has 0 spiro atoms. The van der Waals surface area contributed by atoms with Crippen LogP contribution in [0.25, 0.3) is 0 Å². The van der Waals surface area contributed by atoms with Crippen molar-refractivity contribution in [3.8, 4) is 0 Å². The van der Waals surface area contributed by atoms with Gasteiger partial charge in [-0.15, -0.1) is 0 Å². The van der Waals surface area contributed by atoms with Crippen molar-refractivity contribution >= 4 is 11.4 Å². The van der Waals surface area contributed by atoms with Gasteiger partial charge < -0.3 is 5.21 Å². The molecule has 17 heavy (non-hydrogen) atoms. The van der Waals surface area contributed by atoms with Crippen molar-refractivity contribution in [2.45, 2.75) is 6.54 Å². The minimum atomic E-state index is 0.427. The Morgan fingerprint density at radius 2 is 1.41 bits per heavy atom. The van der Waals surface area contributed by atoms with E-state index in [-0.39, 0.29) is 0 Å². The highest BCUT2D eigenvalue weighted by Gasteiger charge is 1.92. The normalized spacial score (nSPS) is 10.9. The van der Waals surface area contributed by atoms with Gasteiger partial charge in [0.1, 0.15) is 0 Å². The van der Waals surface area contributed by atoms with Crippen LogP contribution in [-0.2, 0) is 6.54 Å². The number of nitrogens with zero attached hydrogens (tertiary/aromatic N) is 2. The molecule has 0 aliphatic carbocycles. The van der Waals surface area contributed by atoms with Gasteiger partial charge in [-0.3, -0.25) is 0 Å². The molecule has 2 rings (SSSR count). The molecule has 0 saturated carbocycles. The van der Waals surface area contributed by atoms with Crippen molar-refractivity contribution in [1.29, 1.82) is 0 Å². The molecule has 2 N–H and O–H groups in total. The number of rotatable bonds is 4. The zero-order valence-electron chi connectivity index (χ0n) is 9.24. The molecule has 0 saturated heterocycles. The predicted molar refractivity (Wildman–Crippen MR) is 65.7 cm³/mol. The molecule has 0 aliphatic heterocycles. The van der Waals surface area contributed by atoms with Gasteiger partial charge in [-0.2, -0.15) is 10.2 Å². The molecule has 0 bridgehead atoms. The summed E-state index contributed by atoms with van der Waals surface area (Å²) in [4.78, 5) is 0. The maximum absolute atomic E-state index is 8.55. The molecule has 4 heteroatoms. The van der Waals surface area contributed by atoms with Crippen molar-refractivity contribution in [1.82, 2.24) is 5.48 Å². The molecule has 0 heterocycles. The first-order chi connectivity index (χ1) is 8.38. The molecule has 0 atom stereocenters. The van der Waals surface area contributed by atoms with E-state index in [1.165, 1.54) is 0 Å². The minimum Gasteiger partial charge on any atom is -0.316 e. The zero-order valence-corrected chi connectivity index (χ0v) is 9.24. The maximum Gasteiger partial charge on any atom is 0.0857 e. The second kappa shape index (κ2) is 5.89. The second-order valence-electron chi connectivity index (χ2n) is 3.54. The van der Waals surface area contributed by atoms with Gasteiger partial charge in [-0.1, -0.05) is 30.3 Å². The average molecular weight is 227 g/mol. The summed E-state index contributed by atoms with van der Waals surface area (Å²) < 4.78 is 0. The Morgan fingerprint density at radius 1 is 0.824 bits per heavy atom. The van der Waals surface area contributed by atoms with Gasteiger partial charge in [0.15, 0.2) is 0 Å². The summed E-state index contributed by atoms with van der Waals surface area (Å²) in [5.41, 5.74) is 4.71. The topological polar surface area (TPSA) is 57.0 Å². The van der Waals surface area contributed by atoms with Crippen molar-refractivity contribution in [2.75, 3.05) is 0 Å². The maximum atomic E-state index is 8.55. The van der Waals surface area contributed by atoms with E-state index in [1.807, 2.05) is 54.6 Å². The number of nitrogens with one attached hydrogen (secondary N) is 1. The average Bonchev–Trinajstić information content (AvgIpc) is 2.40. The number of hydroxylamine groups is 1. The van der Waals surface area contributed by atoms with Crippen LogP contribution in [0.1, 0.15) is 5.56 Å². The van der Waals surface area contributed by atoms with Crippen LogP contribution in [0.4, 0.5) is 11.4 Å². The lowest BCUT2D eigenvalue weighted by Gasteiger charge is -1.98. The highest BCUT2D eigenvalue weighted by molar-refractivity contribution is 5.40. The lowest BCUT2D eigenvalue weighted by atomic mass is 10.2. The summed E-state index contributed by atoms with van der Waals surface area (Å²) in [6.45, 7) is 0.427. The smallest absolute Gasteiger partial charge is 0.0857 e. The van der Waals surface area contributed by atoms with Crippen molar-refractivity contribution < 1.29 is 5.21 Å². The number of hydrogen-bond donors (Lipinski definition) is 2. The van der Waals surface area contributed by atoms with Gasteiger partial charge >= 0.3 is 0 Å². The Morgan fingerprint density at radius 3 is 2.00 bits per heavy atom. The first kappa shape index (κ1) is 11.4. The van der Waals surface area contributed by atoms with Crippen molar-refractivity contribution in [3.05, 3.63) is 60.2 Å². The molecular weight excluding hydrogens is 214 g/mol. The van der Waals surface area contributed by atoms with Crippen LogP contribution in [0, 0.1) is 0 Å². The number of hydrogen-bond acceptors (Lipinski definition) is 4. The first-order valence-corrected chi connectivity index (χ1v) is 5.31. The third kappa shape index (κ3) is 3.48. The molecule has 0 amide bonds. The molecule has 4 nitrogen and oxygen atoms in total. The van der Waals surface area contributed by atoms with Crippen LogP contribution in [0.3, 0.4) is 0 Å².